The third kappa shape index (κ3) is 5.33. The summed E-state index contributed by atoms with van der Waals surface area (Å²) in [7, 11) is 0. The summed E-state index contributed by atoms with van der Waals surface area (Å²) in [6, 6.07) is 5.87. The normalized spacial score (nSPS) is 12.7. The highest BCUT2D eigenvalue weighted by Gasteiger charge is 2.38. The van der Waals surface area contributed by atoms with Gasteiger partial charge < -0.3 is 9.67 Å². The zero-order valence-corrected chi connectivity index (χ0v) is 16.7. The summed E-state index contributed by atoms with van der Waals surface area (Å²) in [6.07, 6.45) is -11.5. The molecule has 0 atom stereocenters. The van der Waals surface area contributed by atoms with Crippen LogP contribution in [0.3, 0.4) is 0 Å². The first-order chi connectivity index (χ1) is 15.7. The zero-order chi connectivity index (χ0) is 25.4. The van der Waals surface area contributed by atoms with Crippen molar-refractivity contribution in [3.05, 3.63) is 70.4 Å². The second-order valence-corrected chi connectivity index (χ2v) is 7.11. The van der Waals surface area contributed by atoms with Crippen LogP contribution >= 0.6 is 0 Å². The van der Waals surface area contributed by atoms with Gasteiger partial charge in [0, 0.05) is 22.7 Å². The summed E-state index contributed by atoms with van der Waals surface area (Å²) in [4.78, 5) is 3.51. The summed E-state index contributed by atoms with van der Waals surface area (Å²) in [5.41, 5.74) is -3.53. The van der Waals surface area contributed by atoms with Crippen molar-refractivity contribution in [3.63, 3.8) is 0 Å². The number of benzene rings is 2. The molecule has 0 amide bonds. The molecule has 5 nitrogen and oxygen atoms in total. The van der Waals surface area contributed by atoms with E-state index >= 15 is 0 Å². The molecule has 178 valence electrons. The Morgan fingerprint density at radius 3 is 2.18 bits per heavy atom. The first kappa shape index (κ1) is 24.7. The van der Waals surface area contributed by atoms with Crippen LogP contribution in [0.1, 0.15) is 22.4 Å². The molecule has 0 unspecified atom stereocenters. The van der Waals surface area contributed by atoms with Gasteiger partial charge in [0.05, 0.1) is 35.7 Å². The number of nitrogens with one attached hydrogen (secondary N) is 1. The third-order valence-corrected chi connectivity index (χ3v) is 4.65. The van der Waals surface area contributed by atoms with E-state index < -0.39 is 70.9 Å². The SMILES string of the molecule is N#Cc1ccc2c(cc(CC(F)(F)F)n2CC(=N)N=C([OH2+])c2cc(F)cc(F)c2)c1C(F)(F)F. The first-order valence-corrected chi connectivity index (χ1v) is 9.23. The lowest BCUT2D eigenvalue weighted by molar-refractivity contribution is -0.136. The molecular weight excluding hydrogens is 476 g/mol. The largest absolute Gasteiger partial charge is 0.578 e. The number of rotatable bonds is 4. The highest BCUT2D eigenvalue weighted by molar-refractivity contribution is 6.01. The van der Waals surface area contributed by atoms with Gasteiger partial charge in [0.15, 0.2) is 0 Å². The Hall–Kier alpha value is -3.95. The van der Waals surface area contributed by atoms with Crippen LogP contribution in [0, 0.1) is 28.4 Å². The van der Waals surface area contributed by atoms with E-state index in [-0.39, 0.29) is 11.1 Å². The number of nitriles is 1. The van der Waals surface area contributed by atoms with Crippen LogP contribution in [0.25, 0.3) is 10.9 Å². The molecule has 3 N–H and O–H groups in total. The number of aromatic nitrogens is 1. The minimum Gasteiger partial charge on any atom is -0.578 e. The molecule has 3 rings (SSSR count). The van der Waals surface area contributed by atoms with Crippen LogP contribution in [0.5, 0.6) is 0 Å². The molecule has 0 saturated heterocycles. The summed E-state index contributed by atoms with van der Waals surface area (Å²) in [6.45, 7) is -0.779. The Morgan fingerprint density at radius 2 is 1.65 bits per heavy atom. The van der Waals surface area contributed by atoms with Gasteiger partial charge in [0.2, 0.25) is 0 Å². The molecule has 13 heteroatoms. The molecule has 1 heterocycles. The predicted octanol–water partition coefficient (Wildman–Crippen LogP) is 5.06. The zero-order valence-electron chi connectivity index (χ0n) is 16.7. The molecule has 0 spiro atoms. The molecule has 34 heavy (non-hydrogen) atoms. The van der Waals surface area contributed by atoms with Crippen molar-refractivity contribution in [2.24, 2.45) is 4.99 Å². The summed E-state index contributed by atoms with van der Waals surface area (Å²) < 4.78 is 108. The van der Waals surface area contributed by atoms with Gasteiger partial charge in [-0.3, -0.25) is 5.41 Å². The maximum atomic E-state index is 13.6. The Bertz CT molecular complexity index is 1330. The fourth-order valence-corrected chi connectivity index (χ4v) is 3.40. The first-order valence-electron chi connectivity index (χ1n) is 9.23. The summed E-state index contributed by atoms with van der Waals surface area (Å²) in [5.74, 6) is -3.59. The van der Waals surface area contributed by atoms with E-state index in [1.165, 1.54) is 6.07 Å². The van der Waals surface area contributed by atoms with Crippen molar-refractivity contribution in [1.82, 2.24) is 4.57 Å². The topological polar surface area (TPSA) is 87.8 Å². The van der Waals surface area contributed by atoms with E-state index in [1.807, 2.05) is 0 Å². The van der Waals surface area contributed by atoms with Gasteiger partial charge in [0.1, 0.15) is 17.5 Å². The highest BCUT2D eigenvalue weighted by atomic mass is 19.4. The molecule has 0 aliphatic rings. The minimum absolute atomic E-state index is 0.339. The smallest absolute Gasteiger partial charge is 0.418 e. The molecule has 1 aromatic heterocycles. The molecule has 0 bridgehead atoms. The fraction of sp³-hybridized carbons (Fsp3) is 0.190. The Labute approximate surface area is 185 Å². The number of aliphatic imine (C=N–C) groups is 1. The average Bonchev–Trinajstić information content (AvgIpc) is 3.00. The number of hydrogen-bond acceptors (Lipinski definition) is 2. The molecular formula is C21H13F8N4O+. The lowest BCUT2D eigenvalue weighted by atomic mass is 10.0. The van der Waals surface area contributed by atoms with Crippen molar-refractivity contribution >= 4 is 22.6 Å². The number of fused-ring (bicyclic) bond motifs is 1. The van der Waals surface area contributed by atoms with E-state index in [0.717, 1.165) is 28.8 Å². The third-order valence-electron chi connectivity index (χ3n) is 4.65. The van der Waals surface area contributed by atoms with Gasteiger partial charge in [-0.2, -0.15) is 31.6 Å². The second kappa shape index (κ2) is 8.77. The van der Waals surface area contributed by atoms with E-state index in [4.69, 9.17) is 15.8 Å². The number of nitrogens with zero attached hydrogens (tertiary/aromatic N) is 3. The molecule has 0 saturated carbocycles. The van der Waals surface area contributed by atoms with Crippen molar-refractivity contribution in [1.29, 1.82) is 10.7 Å². The van der Waals surface area contributed by atoms with Gasteiger partial charge >= 0.3 is 18.3 Å². The van der Waals surface area contributed by atoms with Gasteiger partial charge in [-0.25, -0.2) is 8.78 Å². The standard InChI is InChI=1S/C21H12F8N4O/c22-12-3-11(4-13(23)5-12)19(34)32-17(31)9-33-14(7-20(24,25)26)6-15-16(33)2-1-10(8-30)18(15)21(27,28)29/h1-6H,7,9H2,(H2,31,32,34)/p+1. The van der Waals surface area contributed by atoms with Crippen molar-refractivity contribution in [2.75, 3.05) is 0 Å². The van der Waals surface area contributed by atoms with Gasteiger partial charge in [-0.15, -0.1) is 4.99 Å². The maximum Gasteiger partial charge on any atom is 0.418 e. The number of halogens is 8. The molecule has 0 aliphatic heterocycles. The number of amidine groups is 1. The van der Waals surface area contributed by atoms with Gasteiger partial charge in [-0.05, 0) is 30.3 Å². The van der Waals surface area contributed by atoms with E-state index in [2.05, 4.69) is 4.99 Å². The quantitative estimate of drug-likeness (QED) is 0.236. The predicted molar refractivity (Wildman–Crippen MR) is 106 cm³/mol. The lowest BCUT2D eigenvalue weighted by Crippen LogP contribution is -2.18. The Balaban J connectivity index is 2.12. The monoisotopic (exact) mass is 489 g/mol. The van der Waals surface area contributed by atoms with E-state index in [9.17, 15) is 35.1 Å². The van der Waals surface area contributed by atoms with Gasteiger partial charge in [-0.1, -0.05) is 0 Å². The van der Waals surface area contributed by atoms with E-state index in [1.54, 1.807) is 0 Å². The van der Waals surface area contributed by atoms with Crippen LogP contribution in [0.2, 0.25) is 0 Å². The molecule has 3 aromatic rings. The Kier molecular flexibility index (Phi) is 6.37. The highest BCUT2D eigenvalue weighted by Crippen LogP contribution is 2.39. The summed E-state index contributed by atoms with van der Waals surface area (Å²) in [5, 5.41) is 24.1. The van der Waals surface area contributed by atoms with Crippen molar-refractivity contribution in [2.45, 2.75) is 25.3 Å². The number of alkyl halides is 6. The summed E-state index contributed by atoms with van der Waals surface area (Å²) >= 11 is 0. The average molecular weight is 489 g/mol. The van der Waals surface area contributed by atoms with Crippen LogP contribution in [0.4, 0.5) is 35.1 Å². The van der Waals surface area contributed by atoms with E-state index in [0.29, 0.717) is 12.1 Å². The van der Waals surface area contributed by atoms with Crippen molar-refractivity contribution in [3.8, 4) is 6.07 Å². The molecule has 0 radical (unpaired) electrons. The lowest BCUT2D eigenvalue weighted by Gasteiger charge is -2.13. The Morgan fingerprint density at radius 1 is 1.03 bits per heavy atom. The molecule has 0 aliphatic carbocycles. The molecule has 0 fully saturated rings. The molecule has 2 aromatic carbocycles. The van der Waals surface area contributed by atoms with Crippen LogP contribution in [-0.4, -0.2) is 27.6 Å². The second-order valence-electron chi connectivity index (χ2n) is 7.11. The minimum atomic E-state index is -5.05. The van der Waals surface area contributed by atoms with Gasteiger partial charge in [0.25, 0.3) is 0 Å². The fourth-order valence-electron chi connectivity index (χ4n) is 3.40. The van der Waals surface area contributed by atoms with Crippen LogP contribution in [0.15, 0.2) is 41.4 Å². The van der Waals surface area contributed by atoms with Crippen LogP contribution < -0.4 is 0 Å². The number of hydrogen-bond donors (Lipinski definition) is 1. The maximum absolute atomic E-state index is 13.6. The van der Waals surface area contributed by atoms with Crippen molar-refractivity contribution < 1.29 is 40.2 Å². The van der Waals surface area contributed by atoms with Crippen LogP contribution in [-0.2, 0) is 19.1 Å².